The second-order valence-corrected chi connectivity index (χ2v) is 9.42. The van der Waals surface area contributed by atoms with Gasteiger partial charge in [-0.1, -0.05) is 39.0 Å². The number of allylic oxidation sites excluding steroid dienone is 2. The molecule has 1 heterocycles. The van der Waals surface area contributed by atoms with Crippen molar-refractivity contribution in [2.45, 2.75) is 52.4 Å². The third kappa shape index (κ3) is 3.92. The van der Waals surface area contributed by atoms with Gasteiger partial charge in [-0.3, -0.25) is 14.5 Å². The van der Waals surface area contributed by atoms with Gasteiger partial charge in [0.05, 0.1) is 14.2 Å². The van der Waals surface area contributed by atoms with E-state index in [4.69, 9.17) is 9.47 Å². The molecule has 0 bridgehead atoms. The number of benzene rings is 2. The second kappa shape index (κ2) is 8.45. The molecule has 0 saturated carbocycles. The highest BCUT2D eigenvalue weighted by atomic mass is 16.5. The maximum atomic E-state index is 13.5. The van der Waals surface area contributed by atoms with Crippen molar-refractivity contribution in [1.82, 2.24) is 0 Å². The molecule has 4 rings (SSSR count). The van der Waals surface area contributed by atoms with Gasteiger partial charge < -0.3 is 9.47 Å². The number of anilines is 1. The van der Waals surface area contributed by atoms with Gasteiger partial charge in [0.1, 0.15) is 11.5 Å². The Kier molecular flexibility index (Phi) is 5.85. The molecular weight excluding hydrogens is 402 g/mol. The molecule has 0 spiro atoms. The minimum absolute atomic E-state index is 0.00127. The van der Waals surface area contributed by atoms with Gasteiger partial charge in [0.25, 0.3) is 0 Å². The summed E-state index contributed by atoms with van der Waals surface area (Å²) in [6.07, 6.45) is 2.30. The summed E-state index contributed by atoms with van der Waals surface area (Å²) in [6.45, 7) is 6.29. The first kappa shape index (κ1) is 22.1. The van der Waals surface area contributed by atoms with E-state index in [2.05, 4.69) is 32.9 Å². The highest BCUT2D eigenvalue weighted by Crippen LogP contribution is 2.49. The SMILES string of the molecule is CCc1ccc(N2C(=O)C[C@@H](c3ccc(OC)cc3OC)C3=C2CC(C)(C)CC3=O)cc1. The van der Waals surface area contributed by atoms with Crippen LogP contribution in [0.4, 0.5) is 5.69 Å². The zero-order chi connectivity index (χ0) is 23.0. The topological polar surface area (TPSA) is 55.8 Å². The van der Waals surface area contributed by atoms with E-state index in [9.17, 15) is 9.59 Å². The van der Waals surface area contributed by atoms with Crippen LogP contribution in [-0.4, -0.2) is 25.9 Å². The summed E-state index contributed by atoms with van der Waals surface area (Å²) in [5.74, 6) is 1.10. The molecule has 0 fully saturated rings. The van der Waals surface area contributed by atoms with Gasteiger partial charge in [0, 0.05) is 47.3 Å². The van der Waals surface area contributed by atoms with Crippen molar-refractivity contribution in [2.24, 2.45) is 5.41 Å². The predicted octanol–water partition coefficient (Wildman–Crippen LogP) is 5.43. The maximum absolute atomic E-state index is 13.5. The molecule has 32 heavy (non-hydrogen) atoms. The van der Waals surface area contributed by atoms with Gasteiger partial charge in [-0.15, -0.1) is 0 Å². The molecule has 1 aliphatic carbocycles. The number of nitrogens with zero attached hydrogens (tertiary/aromatic N) is 1. The third-order valence-electron chi connectivity index (χ3n) is 6.56. The summed E-state index contributed by atoms with van der Waals surface area (Å²) in [5.41, 5.74) is 4.26. The zero-order valence-corrected chi connectivity index (χ0v) is 19.5. The zero-order valence-electron chi connectivity index (χ0n) is 19.5. The fourth-order valence-corrected chi connectivity index (χ4v) is 4.97. The Hall–Kier alpha value is -3.08. The van der Waals surface area contributed by atoms with Crippen LogP contribution in [0.3, 0.4) is 0 Å². The van der Waals surface area contributed by atoms with Crippen LogP contribution in [0, 0.1) is 5.41 Å². The Morgan fingerprint density at radius 2 is 1.72 bits per heavy atom. The number of aryl methyl sites for hydroxylation is 1. The van der Waals surface area contributed by atoms with Crippen molar-refractivity contribution in [2.75, 3.05) is 19.1 Å². The van der Waals surface area contributed by atoms with E-state index < -0.39 is 0 Å². The lowest BCUT2D eigenvalue weighted by Crippen LogP contribution is -2.43. The van der Waals surface area contributed by atoms with E-state index in [1.165, 1.54) is 5.56 Å². The largest absolute Gasteiger partial charge is 0.497 e. The molecule has 0 radical (unpaired) electrons. The minimum Gasteiger partial charge on any atom is -0.497 e. The first-order chi connectivity index (χ1) is 15.3. The molecule has 0 N–H and O–H groups in total. The Labute approximate surface area is 190 Å². The number of hydrogen-bond donors (Lipinski definition) is 0. The normalized spacial score (nSPS) is 20.3. The fraction of sp³-hybridized carbons (Fsp3) is 0.407. The van der Waals surface area contributed by atoms with Crippen LogP contribution in [0.25, 0.3) is 0 Å². The van der Waals surface area contributed by atoms with E-state index in [0.29, 0.717) is 24.3 Å². The van der Waals surface area contributed by atoms with Crippen molar-refractivity contribution in [3.63, 3.8) is 0 Å². The van der Waals surface area contributed by atoms with E-state index >= 15 is 0 Å². The number of rotatable bonds is 5. The lowest BCUT2D eigenvalue weighted by atomic mass is 9.69. The van der Waals surface area contributed by atoms with Crippen molar-refractivity contribution in [3.05, 3.63) is 64.9 Å². The molecule has 5 nitrogen and oxygen atoms in total. The van der Waals surface area contributed by atoms with Crippen LogP contribution < -0.4 is 14.4 Å². The van der Waals surface area contributed by atoms with Gasteiger partial charge in [-0.05, 0) is 42.0 Å². The summed E-state index contributed by atoms with van der Waals surface area (Å²) in [7, 11) is 3.21. The van der Waals surface area contributed by atoms with Crippen molar-refractivity contribution < 1.29 is 19.1 Å². The Morgan fingerprint density at radius 1 is 1.00 bits per heavy atom. The Morgan fingerprint density at radius 3 is 2.34 bits per heavy atom. The molecule has 0 unspecified atom stereocenters. The van der Waals surface area contributed by atoms with Gasteiger partial charge in [0.15, 0.2) is 5.78 Å². The van der Waals surface area contributed by atoms with Gasteiger partial charge in [-0.25, -0.2) is 0 Å². The van der Waals surface area contributed by atoms with Crippen LogP contribution in [0.5, 0.6) is 11.5 Å². The second-order valence-electron chi connectivity index (χ2n) is 9.42. The van der Waals surface area contributed by atoms with E-state index in [1.807, 2.05) is 30.3 Å². The van der Waals surface area contributed by atoms with Crippen molar-refractivity contribution in [3.8, 4) is 11.5 Å². The maximum Gasteiger partial charge on any atom is 0.232 e. The highest BCUT2D eigenvalue weighted by Gasteiger charge is 2.45. The fourth-order valence-electron chi connectivity index (χ4n) is 4.97. The molecule has 0 aromatic heterocycles. The molecule has 0 saturated heterocycles. The summed E-state index contributed by atoms with van der Waals surface area (Å²) >= 11 is 0. The lowest BCUT2D eigenvalue weighted by molar-refractivity contribution is -0.121. The Balaban J connectivity index is 1.88. The van der Waals surface area contributed by atoms with Crippen molar-refractivity contribution >= 4 is 17.4 Å². The number of methoxy groups -OCH3 is 2. The minimum atomic E-state index is -0.326. The predicted molar refractivity (Wildman–Crippen MR) is 125 cm³/mol. The molecule has 5 heteroatoms. The van der Waals surface area contributed by atoms with Crippen LogP contribution in [0.15, 0.2) is 53.7 Å². The van der Waals surface area contributed by atoms with Gasteiger partial charge in [-0.2, -0.15) is 0 Å². The highest BCUT2D eigenvalue weighted by molar-refractivity contribution is 6.08. The molecule has 1 aliphatic heterocycles. The number of Topliss-reactive ketones (excluding diaryl/α,β-unsaturated/α-hetero) is 1. The summed E-state index contributed by atoms with van der Waals surface area (Å²) in [5, 5.41) is 0. The quantitative estimate of drug-likeness (QED) is 0.631. The van der Waals surface area contributed by atoms with Gasteiger partial charge >= 0.3 is 0 Å². The first-order valence-corrected chi connectivity index (χ1v) is 11.2. The molecule has 2 aromatic rings. The van der Waals surface area contributed by atoms with Crippen LogP contribution in [-0.2, 0) is 16.0 Å². The van der Waals surface area contributed by atoms with E-state index in [0.717, 1.165) is 28.9 Å². The average molecular weight is 434 g/mol. The molecular formula is C27H31NO4. The van der Waals surface area contributed by atoms with Crippen LogP contribution in [0.2, 0.25) is 0 Å². The number of ether oxygens (including phenoxy) is 2. The van der Waals surface area contributed by atoms with Crippen LogP contribution in [0.1, 0.15) is 57.1 Å². The third-order valence-corrected chi connectivity index (χ3v) is 6.56. The van der Waals surface area contributed by atoms with Crippen molar-refractivity contribution in [1.29, 1.82) is 0 Å². The molecule has 168 valence electrons. The van der Waals surface area contributed by atoms with Crippen LogP contribution >= 0.6 is 0 Å². The van der Waals surface area contributed by atoms with E-state index in [1.54, 1.807) is 19.1 Å². The molecule has 2 aliphatic rings. The number of amides is 1. The number of carbonyl (C=O) groups excluding carboxylic acids is 2. The standard InChI is InChI=1S/C27H31NO4/c1-6-17-7-9-18(10-8-17)28-22-15-27(2,3)16-23(29)26(22)21(14-25(28)30)20-12-11-19(31-4)13-24(20)32-5/h7-13,21H,6,14-16H2,1-5H3/t21-/m0/s1. The Bertz CT molecular complexity index is 1080. The average Bonchev–Trinajstić information content (AvgIpc) is 2.77. The lowest BCUT2D eigenvalue weighted by Gasteiger charge is -2.43. The first-order valence-electron chi connectivity index (χ1n) is 11.2. The molecule has 1 amide bonds. The number of ketones is 1. The van der Waals surface area contributed by atoms with Gasteiger partial charge in [0.2, 0.25) is 5.91 Å². The molecule has 1 atom stereocenters. The summed E-state index contributed by atoms with van der Waals surface area (Å²) in [4.78, 5) is 28.8. The monoisotopic (exact) mass is 433 g/mol. The number of hydrogen-bond acceptors (Lipinski definition) is 4. The summed E-state index contributed by atoms with van der Waals surface area (Å²) < 4.78 is 11.0. The number of carbonyl (C=O) groups is 2. The molecule has 2 aromatic carbocycles. The smallest absolute Gasteiger partial charge is 0.232 e. The summed E-state index contributed by atoms with van der Waals surface area (Å²) in [6, 6.07) is 13.7. The van der Waals surface area contributed by atoms with E-state index in [-0.39, 0.29) is 29.4 Å².